The van der Waals surface area contributed by atoms with Gasteiger partial charge in [-0.05, 0) is 24.6 Å². The molecule has 0 aliphatic heterocycles. The van der Waals surface area contributed by atoms with Crippen LogP contribution in [0.25, 0.3) is 10.8 Å². The number of hydrogen-bond acceptors (Lipinski definition) is 1. The van der Waals surface area contributed by atoms with Crippen molar-refractivity contribution in [3.8, 4) is 0 Å². The molecule has 0 aliphatic carbocycles. The summed E-state index contributed by atoms with van der Waals surface area (Å²) in [6.45, 7) is 1.84. The fourth-order valence-electron chi connectivity index (χ4n) is 1.45. The molecule has 1 aromatic carbocycles. The summed E-state index contributed by atoms with van der Waals surface area (Å²) in [6, 6.07) is 2.86. The fraction of sp³-hybridized carbons (Fsp3) is 0.100. The predicted molar refractivity (Wildman–Crippen MR) is 64.2 cm³/mol. The van der Waals surface area contributed by atoms with Crippen LogP contribution in [-0.2, 0) is 0 Å². The maximum absolute atomic E-state index is 13.6. The van der Waals surface area contributed by atoms with E-state index in [-0.39, 0.29) is 16.1 Å². The molecule has 0 atom stereocenters. The SMILES string of the molecule is Cc1c(Br)cc(F)c2cc(Cl)nc(Cl)c12. The molecule has 5 heteroatoms. The maximum atomic E-state index is 13.6. The predicted octanol–water partition coefficient (Wildman–Crippen LogP) is 4.75. The zero-order valence-electron chi connectivity index (χ0n) is 7.61. The molecule has 0 radical (unpaired) electrons. The number of aromatic nitrogens is 1. The second-order valence-corrected chi connectivity index (χ2v) is 4.72. The van der Waals surface area contributed by atoms with Gasteiger partial charge in [-0.2, -0.15) is 0 Å². The first-order chi connectivity index (χ1) is 7.00. The van der Waals surface area contributed by atoms with Crippen molar-refractivity contribution >= 4 is 49.9 Å². The summed E-state index contributed by atoms with van der Waals surface area (Å²) >= 11 is 14.9. The third-order valence-electron chi connectivity index (χ3n) is 2.19. The molecule has 2 rings (SSSR count). The van der Waals surface area contributed by atoms with Crippen LogP contribution in [0.4, 0.5) is 4.39 Å². The van der Waals surface area contributed by atoms with E-state index in [1.807, 2.05) is 6.92 Å². The van der Waals surface area contributed by atoms with Crippen molar-refractivity contribution in [3.05, 3.63) is 38.3 Å². The molecular formula is C10H5BrCl2FN. The van der Waals surface area contributed by atoms with Gasteiger partial charge >= 0.3 is 0 Å². The minimum absolute atomic E-state index is 0.188. The first kappa shape index (κ1) is 11.1. The van der Waals surface area contributed by atoms with Gasteiger partial charge in [-0.25, -0.2) is 9.37 Å². The Morgan fingerprint density at radius 2 is 2.00 bits per heavy atom. The van der Waals surface area contributed by atoms with Gasteiger partial charge in [0.05, 0.1) is 0 Å². The van der Waals surface area contributed by atoms with E-state index in [1.165, 1.54) is 12.1 Å². The highest BCUT2D eigenvalue weighted by Gasteiger charge is 2.12. The van der Waals surface area contributed by atoms with Gasteiger partial charge in [0.25, 0.3) is 0 Å². The van der Waals surface area contributed by atoms with Gasteiger partial charge < -0.3 is 0 Å². The lowest BCUT2D eigenvalue weighted by atomic mass is 10.1. The topological polar surface area (TPSA) is 12.9 Å². The standard InChI is InChI=1S/C10H5BrCl2FN/c1-4-6(11)3-7(14)5-2-8(12)15-10(13)9(4)5/h2-3H,1H3. The van der Waals surface area contributed by atoms with E-state index < -0.39 is 0 Å². The van der Waals surface area contributed by atoms with Gasteiger partial charge in [-0.15, -0.1) is 0 Å². The third kappa shape index (κ3) is 1.84. The molecule has 0 aliphatic rings. The lowest BCUT2D eigenvalue weighted by molar-refractivity contribution is 0.638. The number of benzene rings is 1. The second-order valence-electron chi connectivity index (χ2n) is 3.12. The number of halogens is 4. The monoisotopic (exact) mass is 307 g/mol. The number of hydrogen-bond donors (Lipinski definition) is 0. The Morgan fingerprint density at radius 1 is 1.33 bits per heavy atom. The van der Waals surface area contributed by atoms with Gasteiger partial charge in [-0.3, -0.25) is 0 Å². The molecule has 1 heterocycles. The maximum Gasteiger partial charge on any atom is 0.139 e. The quantitative estimate of drug-likeness (QED) is 0.640. The Kier molecular flexibility index (Phi) is 2.88. The van der Waals surface area contributed by atoms with Crippen molar-refractivity contribution in [1.82, 2.24) is 4.98 Å². The van der Waals surface area contributed by atoms with E-state index in [2.05, 4.69) is 20.9 Å². The summed E-state index contributed by atoms with van der Waals surface area (Å²) < 4.78 is 14.3. The molecule has 0 bridgehead atoms. The van der Waals surface area contributed by atoms with Crippen LogP contribution in [-0.4, -0.2) is 4.98 Å². The van der Waals surface area contributed by atoms with Crippen LogP contribution in [0.1, 0.15) is 5.56 Å². The van der Waals surface area contributed by atoms with Crippen LogP contribution in [0.3, 0.4) is 0 Å². The molecule has 0 unspecified atom stereocenters. The van der Waals surface area contributed by atoms with Gasteiger partial charge in [0.2, 0.25) is 0 Å². The van der Waals surface area contributed by atoms with Crippen LogP contribution in [0, 0.1) is 12.7 Å². The van der Waals surface area contributed by atoms with Crippen molar-refractivity contribution < 1.29 is 4.39 Å². The molecule has 1 aromatic heterocycles. The van der Waals surface area contributed by atoms with Crippen molar-refractivity contribution in [1.29, 1.82) is 0 Å². The normalized spacial score (nSPS) is 11.0. The number of nitrogens with zero attached hydrogens (tertiary/aromatic N) is 1. The van der Waals surface area contributed by atoms with Crippen LogP contribution < -0.4 is 0 Å². The molecule has 0 spiro atoms. The lowest BCUT2D eigenvalue weighted by Gasteiger charge is -2.07. The first-order valence-electron chi connectivity index (χ1n) is 4.11. The summed E-state index contributed by atoms with van der Waals surface area (Å²) in [5.41, 5.74) is 0.848. The molecule has 2 aromatic rings. The molecular weight excluding hydrogens is 304 g/mol. The summed E-state index contributed by atoms with van der Waals surface area (Å²) in [7, 11) is 0. The number of rotatable bonds is 0. The van der Waals surface area contributed by atoms with E-state index >= 15 is 0 Å². The fourth-order valence-corrected chi connectivity index (χ4v) is 2.42. The van der Waals surface area contributed by atoms with Crippen molar-refractivity contribution in [2.75, 3.05) is 0 Å². The van der Waals surface area contributed by atoms with E-state index in [1.54, 1.807) is 0 Å². The summed E-state index contributed by atoms with van der Waals surface area (Å²) in [6.07, 6.45) is 0. The van der Waals surface area contributed by atoms with E-state index in [4.69, 9.17) is 23.2 Å². The molecule has 0 fully saturated rings. The van der Waals surface area contributed by atoms with Crippen LogP contribution in [0.15, 0.2) is 16.6 Å². The molecule has 0 saturated heterocycles. The number of pyridine rings is 1. The molecule has 0 saturated carbocycles. The lowest BCUT2D eigenvalue weighted by Crippen LogP contribution is -1.90. The summed E-state index contributed by atoms with van der Waals surface area (Å²) in [4.78, 5) is 3.89. The van der Waals surface area contributed by atoms with E-state index in [0.717, 1.165) is 5.56 Å². The Labute approximate surface area is 104 Å². The molecule has 0 N–H and O–H groups in total. The zero-order chi connectivity index (χ0) is 11.2. The zero-order valence-corrected chi connectivity index (χ0v) is 10.7. The van der Waals surface area contributed by atoms with Gasteiger partial charge in [0.1, 0.15) is 16.1 Å². The largest absolute Gasteiger partial charge is 0.224 e. The minimum Gasteiger partial charge on any atom is -0.224 e. The summed E-state index contributed by atoms with van der Waals surface area (Å²) in [5.74, 6) is -0.367. The van der Waals surface area contributed by atoms with Gasteiger partial charge in [0.15, 0.2) is 0 Å². The third-order valence-corrected chi connectivity index (χ3v) is 3.48. The smallest absolute Gasteiger partial charge is 0.139 e. The molecule has 78 valence electrons. The van der Waals surface area contributed by atoms with Crippen LogP contribution in [0.2, 0.25) is 10.3 Å². The average molecular weight is 309 g/mol. The average Bonchev–Trinajstić information content (AvgIpc) is 2.13. The minimum atomic E-state index is -0.367. The molecule has 1 nitrogen and oxygen atoms in total. The number of fused-ring (bicyclic) bond motifs is 1. The van der Waals surface area contributed by atoms with Crippen molar-refractivity contribution in [2.24, 2.45) is 0 Å². The Bertz CT molecular complexity index is 557. The Morgan fingerprint density at radius 3 is 2.67 bits per heavy atom. The second kappa shape index (κ2) is 3.89. The first-order valence-corrected chi connectivity index (χ1v) is 5.66. The molecule has 15 heavy (non-hydrogen) atoms. The van der Waals surface area contributed by atoms with Crippen LogP contribution in [0.5, 0.6) is 0 Å². The highest BCUT2D eigenvalue weighted by Crippen LogP contribution is 2.33. The van der Waals surface area contributed by atoms with E-state index in [0.29, 0.717) is 15.2 Å². The van der Waals surface area contributed by atoms with Gasteiger partial charge in [-0.1, -0.05) is 39.1 Å². The summed E-state index contributed by atoms with van der Waals surface area (Å²) in [5, 5.41) is 1.39. The Balaban J connectivity index is 3.03. The Hall–Kier alpha value is -0.380. The van der Waals surface area contributed by atoms with E-state index in [9.17, 15) is 4.39 Å². The number of aryl methyl sites for hydroxylation is 1. The van der Waals surface area contributed by atoms with Crippen molar-refractivity contribution in [2.45, 2.75) is 6.92 Å². The highest BCUT2D eigenvalue weighted by atomic mass is 79.9. The van der Waals surface area contributed by atoms with Gasteiger partial charge in [0, 0.05) is 15.2 Å². The highest BCUT2D eigenvalue weighted by molar-refractivity contribution is 9.10. The van der Waals surface area contributed by atoms with Crippen molar-refractivity contribution in [3.63, 3.8) is 0 Å². The van der Waals surface area contributed by atoms with Crippen LogP contribution >= 0.6 is 39.1 Å². The molecule has 0 amide bonds.